The molecule has 0 saturated heterocycles. The van der Waals surface area contributed by atoms with Crippen molar-refractivity contribution in [1.29, 1.82) is 0 Å². The van der Waals surface area contributed by atoms with E-state index in [9.17, 15) is 4.79 Å². The van der Waals surface area contributed by atoms with Crippen LogP contribution in [0.2, 0.25) is 0 Å². The SMILES string of the molecule is NC(=O)CCOc1ccc2ccccc2c1. The summed E-state index contributed by atoms with van der Waals surface area (Å²) in [6, 6.07) is 13.9. The second-order valence-electron chi connectivity index (χ2n) is 3.57. The largest absolute Gasteiger partial charge is 0.493 e. The summed E-state index contributed by atoms with van der Waals surface area (Å²) in [4.78, 5) is 10.5. The van der Waals surface area contributed by atoms with Gasteiger partial charge in [0.15, 0.2) is 0 Å². The number of carbonyl (C=O) groups is 1. The lowest BCUT2D eigenvalue weighted by molar-refractivity contribution is -0.118. The highest BCUT2D eigenvalue weighted by molar-refractivity contribution is 5.83. The molecule has 0 unspecified atom stereocenters. The van der Waals surface area contributed by atoms with E-state index in [1.165, 1.54) is 5.39 Å². The van der Waals surface area contributed by atoms with Gasteiger partial charge in [0, 0.05) is 0 Å². The molecule has 2 aromatic carbocycles. The minimum atomic E-state index is -0.346. The van der Waals surface area contributed by atoms with Crippen molar-refractivity contribution in [2.45, 2.75) is 6.42 Å². The zero-order valence-corrected chi connectivity index (χ0v) is 8.85. The molecule has 2 aromatic rings. The van der Waals surface area contributed by atoms with Gasteiger partial charge in [0.1, 0.15) is 5.75 Å². The molecule has 0 aromatic heterocycles. The monoisotopic (exact) mass is 215 g/mol. The Bertz CT molecular complexity index is 508. The molecule has 0 radical (unpaired) electrons. The summed E-state index contributed by atoms with van der Waals surface area (Å²) >= 11 is 0. The highest BCUT2D eigenvalue weighted by atomic mass is 16.5. The van der Waals surface area contributed by atoms with Crippen molar-refractivity contribution in [3.63, 3.8) is 0 Å². The first-order valence-electron chi connectivity index (χ1n) is 5.15. The van der Waals surface area contributed by atoms with Crippen molar-refractivity contribution in [2.24, 2.45) is 5.73 Å². The summed E-state index contributed by atoms with van der Waals surface area (Å²) < 4.78 is 5.42. The van der Waals surface area contributed by atoms with Crippen LogP contribution in [-0.4, -0.2) is 12.5 Å². The molecule has 3 nitrogen and oxygen atoms in total. The van der Waals surface area contributed by atoms with Crippen LogP contribution in [0.4, 0.5) is 0 Å². The standard InChI is InChI=1S/C13H13NO2/c14-13(15)7-8-16-12-6-5-10-3-1-2-4-11(10)9-12/h1-6,9H,7-8H2,(H2,14,15). The average Bonchev–Trinajstić information content (AvgIpc) is 2.28. The lowest BCUT2D eigenvalue weighted by Crippen LogP contribution is -2.14. The lowest BCUT2D eigenvalue weighted by atomic mass is 10.1. The Morgan fingerprint density at radius 1 is 1.12 bits per heavy atom. The molecule has 0 heterocycles. The molecule has 0 spiro atoms. The van der Waals surface area contributed by atoms with Crippen LogP contribution in [0.5, 0.6) is 5.75 Å². The summed E-state index contributed by atoms with van der Waals surface area (Å²) in [5, 5.41) is 2.30. The minimum absolute atomic E-state index is 0.243. The number of primary amides is 1. The van der Waals surface area contributed by atoms with Crippen LogP contribution in [0.15, 0.2) is 42.5 Å². The van der Waals surface area contributed by atoms with Gasteiger partial charge in [0.2, 0.25) is 5.91 Å². The molecule has 1 amide bonds. The topological polar surface area (TPSA) is 52.3 Å². The zero-order valence-electron chi connectivity index (χ0n) is 8.85. The van der Waals surface area contributed by atoms with Gasteiger partial charge < -0.3 is 10.5 Å². The molecule has 82 valence electrons. The third-order valence-electron chi connectivity index (χ3n) is 2.34. The predicted molar refractivity (Wildman–Crippen MR) is 63.3 cm³/mol. The Morgan fingerprint density at radius 2 is 1.88 bits per heavy atom. The fourth-order valence-electron chi connectivity index (χ4n) is 1.53. The molecule has 0 aliphatic rings. The Labute approximate surface area is 93.8 Å². The van der Waals surface area contributed by atoms with Crippen molar-refractivity contribution < 1.29 is 9.53 Å². The second kappa shape index (κ2) is 4.66. The van der Waals surface area contributed by atoms with Crippen molar-refractivity contribution in [3.8, 4) is 5.75 Å². The van der Waals surface area contributed by atoms with Crippen LogP contribution >= 0.6 is 0 Å². The summed E-state index contributed by atoms with van der Waals surface area (Å²) in [5.41, 5.74) is 5.03. The van der Waals surface area contributed by atoms with Crippen molar-refractivity contribution in [2.75, 3.05) is 6.61 Å². The number of carbonyl (C=O) groups excluding carboxylic acids is 1. The van der Waals surface area contributed by atoms with E-state index in [-0.39, 0.29) is 12.3 Å². The van der Waals surface area contributed by atoms with Crippen LogP contribution in [0.1, 0.15) is 6.42 Å². The van der Waals surface area contributed by atoms with Crippen LogP contribution in [-0.2, 0) is 4.79 Å². The molecule has 16 heavy (non-hydrogen) atoms. The van der Waals surface area contributed by atoms with Crippen LogP contribution in [0.25, 0.3) is 10.8 Å². The lowest BCUT2D eigenvalue weighted by Gasteiger charge is -2.05. The van der Waals surface area contributed by atoms with Crippen molar-refractivity contribution in [1.82, 2.24) is 0 Å². The predicted octanol–water partition coefficient (Wildman–Crippen LogP) is 2.09. The summed E-state index contributed by atoms with van der Waals surface area (Å²) in [6.45, 7) is 0.327. The maximum absolute atomic E-state index is 10.5. The summed E-state index contributed by atoms with van der Waals surface area (Å²) in [7, 11) is 0. The van der Waals surface area contributed by atoms with Gasteiger partial charge in [0.25, 0.3) is 0 Å². The average molecular weight is 215 g/mol. The molecule has 0 atom stereocenters. The van der Waals surface area contributed by atoms with Gasteiger partial charge in [-0.25, -0.2) is 0 Å². The van der Waals surface area contributed by atoms with Gasteiger partial charge in [-0.05, 0) is 22.9 Å². The van der Waals surface area contributed by atoms with E-state index in [1.54, 1.807) is 0 Å². The fourth-order valence-corrected chi connectivity index (χ4v) is 1.53. The van der Waals surface area contributed by atoms with E-state index >= 15 is 0 Å². The molecule has 0 saturated carbocycles. The quantitative estimate of drug-likeness (QED) is 0.849. The van der Waals surface area contributed by atoms with E-state index < -0.39 is 0 Å². The van der Waals surface area contributed by atoms with Gasteiger partial charge >= 0.3 is 0 Å². The van der Waals surface area contributed by atoms with Gasteiger partial charge in [-0.1, -0.05) is 30.3 Å². The van der Waals surface area contributed by atoms with Crippen LogP contribution in [0.3, 0.4) is 0 Å². The number of ether oxygens (including phenoxy) is 1. The smallest absolute Gasteiger partial charge is 0.220 e. The van der Waals surface area contributed by atoms with E-state index in [1.807, 2.05) is 42.5 Å². The minimum Gasteiger partial charge on any atom is -0.493 e. The van der Waals surface area contributed by atoms with Crippen molar-refractivity contribution in [3.05, 3.63) is 42.5 Å². The molecular formula is C13H13NO2. The van der Waals surface area contributed by atoms with E-state index in [4.69, 9.17) is 10.5 Å². The Kier molecular flexibility index (Phi) is 3.05. The zero-order chi connectivity index (χ0) is 11.4. The molecular weight excluding hydrogens is 202 g/mol. The van der Waals surface area contributed by atoms with Gasteiger partial charge in [-0.3, -0.25) is 4.79 Å². The third-order valence-corrected chi connectivity index (χ3v) is 2.34. The molecule has 3 heteroatoms. The second-order valence-corrected chi connectivity index (χ2v) is 3.57. The molecule has 0 aliphatic carbocycles. The highest BCUT2D eigenvalue weighted by Crippen LogP contribution is 2.20. The highest BCUT2D eigenvalue weighted by Gasteiger charge is 1.98. The van der Waals surface area contributed by atoms with Gasteiger partial charge in [0.05, 0.1) is 13.0 Å². The summed E-state index contributed by atoms with van der Waals surface area (Å²) in [6.07, 6.45) is 0.243. The van der Waals surface area contributed by atoms with E-state index in [2.05, 4.69) is 0 Å². The maximum Gasteiger partial charge on any atom is 0.220 e. The molecule has 0 aliphatic heterocycles. The van der Waals surface area contributed by atoms with E-state index in [0.717, 1.165) is 11.1 Å². The number of fused-ring (bicyclic) bond motifs is 1. The Hall–Kier alpha value is -2.03. The van der Waals surface area contributed by atoms with E-state index in [0.29, 0.717) is 6.61 Å². The molecule has 0 fully saturated rings. The number of hydrogen-bond acceptors (Lipinski definition) is 2. The number of hydrogen-bond donors (Lipinski definition) is 1. The third kappa shape index (κ3) is 2.51. The first-order chi connectivity index (χ1) is 7.75. The normalized spacial score (nSPS) is 10.2. The molecule has 2 N–H and O–H groups in total. The first-order valence-corrected chi connectivity index (χ1v) is 5.15. The Balaban J connectivity index is 2.10. The van der Waals surface area contributed by atoms with Gasteiger partial charge in [-0.15, -0.1) is 0 Å². The first kappa shape index (κ1) is 10.5. The number of nitrogens with two attached hydrogens (primary N) is 1. The number of rotatable bonds is 4. The van der Waals surface area contributed by atoms with Crippen LogP contribution in [0, 0.1) is 0 Å². The molecule has 0 bridgehead atoms. The number of benzene rings is 2. The number of amides is 1. The Morgan fingerprint density at radius 3 is 2.62 bits per heavy atom. The summed E-state index contributed by atoms with van der Waals surface area (Å²) in [5.74, 6) is 0.417. The fraction of sp³-hybridized carbons (Fsp3) is 0.154. The maximum atomic E-state index is 10.5. The molecule has 2 rings (SSSR count). The van der Waals surface area contributed by atoms with Gasteiger partial charge in [-0.2, -0.15) is 0 Å². The van der Waals surface area contributed by atoms with Crippen molar-refractivity contribution >= 4 is 16.7 Å². The van der Waals surface area contributed by atoms with Crippen LogP contribution < -0.4 is 10.5 Å².